The molecule has 0 heterocycles. The number of aryl methyl sites for hydroxylation is 1. The molecule has 0 aromatic heterocycles. The lowest BCUT2D eigenvalue weighted by atomic mass is 9.88. The molecule has 0 aliphatic heterocycles. The van der Waals surface area contributed by atoms with Crippen LogP contribution >= 0.6 is 31.9 Å². The maximum atomic E-state index is 12.1. The van der Waals surface area contributed by atoms with Gasteiger partial charge in [-0.2, -0.15) is 0 Å². The first kappa shape index (κ1) is 13.9. The van der Waals surface area contributed by atoms with E-state index in [2.05, 4.69) is 52.6 Å². The van der Waals surface area contributed by atoms with Crippen molar-refractivity contribution in [2.24, 2.45) is 5.41 Å². The second-order valence-corrected chi connectivity index (χ2v) is 6.95. The van der Waals surface area contributed by atoms with Gasteiger partial charge in [0.15, 0.2) is 5.78 Å². The van der Waals surface area contributed by atoms with Crippen molar-refractivity contribution in [3.63, 3.8) is 0 Å². The maximum Gasteiger partial charge on any atom is 0.164 e. The smallest absolute Gasteiger partial charge is 0.164 e. The van der Waals surface area contributed by atoms with E-state index in [1.54, 1.807) is 0 Å². The van der Waals surface area contributed by atoms with Gasteiger partial charge in [0.25, 0.3) is 0 Å². The Kier molecular flexibility index (Phi) is 4.35. The van der Waals surface area contributed by atoms with Crippen LogP contribution in [0.1, 0.15) is 43.1 Å². The van der Waals surface area contributed by atoms with Crippen LogP contribution in [-0.2, 0) is 0 Å². The van der Waals surface area contributed by atoms with E-state index in [0.29, 0.717) is 6.42 Å². The molecule has 0 unspecified atom stereocenters. The fourth-order valence-corrected chi connectivity index (χ4v) is 2.46. The summed E-state index contributed by atoms with van der Waals surface area (Å²) in [4.78, 5) is 12.1. The molecule has 0 saturated heterocycles. The number of ketones is 1. The van der Waals surface area contributed by atoms with Gasteiger partial charge in [-0.3, -0.25) is 4.79 Å². The highest BCUT2D eigenvalue weighted by molar-refractivity contribution is 9.11. The highest BCUT2D eigenvalue weighted by Gasteiger charge is 2.19. The summed E-state index contributed by atoms with van der Waals surface area (Å²) in [5.74, 6) is 0.181. The van der Waals surface area contributed by atoms with Crippen molar-refractivity contribution in [1.29, 1.82) is 0 Å². The number of carbonyl (C=O) groups is 1. The van der Waals surface area contributed by atoms with Crippen LogP contribution in [-0.4, -0.2) is 5.78 Å². The van der Waals surface area contributed by atoms with Gasteiger partial charge < -0.3 is 0 Å². The number of Topliss-reactive ketones (excluding diaryl/α,β-unsaturated/α-hetero) is 1. The molecule has 0 bridgehead atoms. The van der Waals surface area contributed by atoms with Crippen LogP contribution in [0.5, 0.6) is 0 Å². The first-order valence-electron chi connectivity index (χ1n) is 5.19. The molecule has 1 aromatic rings. The number of rotatable bonds is 2. The molecule has 1 nitrogen and oxygen atoms in total. The van der Waals surface area contributed by atoms with Crippen LogP contribution in [0.4, 0.5) is 0 Å². The average molecular weight is 348 g/mol. The van der Waals surface area contributed by atoms with Crippen LogP contribution in [0.25, 0.3) is 0 Å². The predicted octanol–water partition coefficient (Wildman–Crippen LogP) is 5.14. The molecule has 0 atom stereocenters. The standard InChI is InChI=1S/C13H16Br2O/c1-8-5-11(15)9(6-10(8)14)12(16)7-13(2,3)4/h5-6H,7H2,1-4H3. The van der Waals surface area contributed by atoms with E-state index in [4.69, 9.17) is 0 Å². The lowest BCUT2D eigenvalue weighted by molar-refractivity contribution is 0.0939. The molecule has 0 aliphatic rings. The summed E-state index contributed by atoms with van der Waals surface area (Å²) < 4.78 is 1.86. The minimum atomic E-state index is 0.0217. The molecule has 0 spiro atoms. The van der Waals surface area contributed by atoms with E-state index in [0.717, 1.165) is 20.1 Å². The fraction of sp³-hybridized carbons (Fsp3) is 0.462. The predicted molar refractivity (Wildman–Crippen MR) is 75.0 cm³/mol. The van der Waals surface area contributed by atoms with E-state index in [9.17, 15) is 4.79 Å². The zero-order valence-electron chi connectivity index (χ0n) is 10.0. The van der Waals surface area contributed by atoms with E-state index in [1.807, 2.05) is 19.1 Å². The Morgan fingerprint density at radius 1 is 1.19 bits per heavy atom. The molecule has 0 saturated carbocycles. The van der Waals surface area contributed by atoms with Gasteiger partial charge >= 0.3 is 0 Å². The van der Waals surface area contributed by atoms with Gasteiger partial charge in [0.2, 0.25) is 0 Å². The van der Waals surface area contributed by atoms with E-state index in [1.165, 1.54) is 0 Å². The lowest BCUT2D eigenvalue weighted by Crippen LogP contribution is -2.13. The van der Waals surface area contributed by atoms with Crippen molar-refractivity contribution in [2.45, 2.75) is 34.1 Å². The second kappa shape index (κ2) is 5.01. The van der Waals surface area contributed by atoms with Gasteiger partial charge in [0, 0.05) is 20.9 Å². The molecular formula is C13H16Br2O. The normalized spacial score (nSPS) is 11.6. The molecular weight excluding hydrogens is 332 g/mol. The molecule has 0 aliphatic carbocycles. The van der Waals surface area contributed by atoms with Gasteiger partial charge in [-0.1, -0.05) is 52.6 Å². The Morgan fingerprint density at radius 2 is 1.75 bits per heavy atom. The fourth-order valence-electron chi connectivity index (χ4n) is 1.44. The van der Waals surface area contributed by atoms with Crippen LogP contribution in [0, 0.1) is 12.3 Å². The van der Waals surface area contributed by atoms with Crippen LogP contribution < -0.4 is 0 Å². The van der Waals surface area contributed by atoms with Crippen molar-refractivity contribution in [1.82, 2.24) is 0 Å². The van der Waals surface area contributed by atoms with E-state index >= 15 is 0 Å². The zero-order valence-corrected chi connectivity index (χ0v) is 13.2. The Morgan fingerprint density at radius 3 is 2.25 bits per heavy atom. The second-order valence-electron chi connectivity index (χ2n) is 5.24. The van der Waals surface area contributed by atoms with Crippen molar-refractivity contribution in [2.75, 3.05) is 0 Å². The van der Waals surface area contributed by atoms with E-state index in [-0.39, 0.29) is 11.2 Å². The summed E-state index contributed by atoms with van der Waals surface area (Å²) in [6, 6.07) is 3.87. The number of hydrogen-bond acceptors (Lipinski definition) is 1. The van der Waals surface area contributed by atoms with Gasteiger partial charge in [0.05, 0.1) is 0 Å². The molecule has 3 heteroatoms. The highest BCUT2D eigenvalue weighted by atomic mass is 79.9. The largest absolute Gasteiger partial charge is 0.294 e. The summed E-state index contributed by atoms with van der Waals surface area (Å²) in [6.45, 7) is 8.22. The van der Waals surface area contributed by atoms with Crippen LogP contribution in [0.3, 0.4) is 0 Å². The molecule has 0 radical (unpaired) electrons. The zero-order chi connectivity index (χ0) is 12.5. The minimum Gasteiger partial charge on any atom is -0.294 e. The Hall–Kier alpha value is -0.150. The maximum absolute atomic E-state index is 12.1. The van der Waals surface area contributed by atoms with Crippen molar-refractivity contribution < 1.29 is 4.79 Å². The number of hydrogen-bond donors (Lipinski definition) is 0. The molecule has 0 N–H and O–H groups in total. The Bertz CT molecular complexity index is 417. The summed E-state index contributed by atoms with van der Waals surface area (Å²) in [7, 11) is 0. The number of carbonyl (C=O) groups excluding carboxylic acids is 1. The molecule has 0 amide bonds. The van der Waals surface area contributed by atoms with Crippen molar-refractivity contribution in [3.05, 3.63) is 32.2 Å². The Balaban J connectivity index is 3.05. The summed E-state index contributed by atoms with van der Waals surface area (Å²) in [6.07, 6.45) is 0.557. The monoisotopic (exact) mass is 346 g/mol. The summed E-state index contributed by atoms with van der Waals surface area (Å²) >= 11 is 6.90. The van der Waals surface area contributed by atoms with Crippen LogP contribution in [0.15, 0.2) is 21.1 Å². The summed E-state index contributed by atoms with van der Waals surface area (Å²) in [5, 5.41) is 0. The lowest BCUT2D eigenvalue weighted by Gasteiger charge is -2.17. The van der Waals surface area contributed by atoms with E-state index < -0.39 is 0 Å². The van der Waals surface area contributed by atoms with Crippen molar-refractivity contribution >= 4 is 37.6 Å². The Labute approximate surface area is 114 Å². The topological polar surface area (TPSA) is 17.1 Å². The molecule has 0 fully saturated rings. The van der Waals surface area contributed by atoms with Gasteiger partial charge in [-0.15, -0.1) is 0 Å². The quantitative estimate of drug-likeness (QED) is 0.677. The third-order valence-electron chi connectivity index (χ3n) is 2.24. The average Bonchev–Trinajstić information content (AvgIpc) is 2.08. The molecule has 1 aromatic carbocycles. The van der Waals surface area contributed by atoms with Crippen molar-refractivity contribution in [3.8, 4) is 0 Å². The summed E-state index contributed by atoms with van der Waals surface area (Å²) in [5.41, 5.74) is 1.90. The molecule has 1 rings (SSSR count). The molecule has 88 valence electrons. The van der Waals surface area contributed by atoms with Gasteiger partial charge in [-0.05, 0) is 30.0 Å². The first-order valence-corrected chi connectivity index (χ1v) is 6.78. The van der Waals surface area contributed by atoms with Gasteiger partial charge in [0.1, 0.15) is 0 Å². The number of benzene rings is 1. The number of halogens is 2. The minimum absolute atomic E-state index is 0.0217. The van der Waals surface area contributed by atoms with Gasteiger partial charge in [-0.25, -0.2) is 0 Å². The first-order chi connectivity index (χ1) is 7.20. The molecule has 16 heavy (non-hydrogen) atoms. The third kappa shape index (κ3) is 3.70. The third-order valence-corrected chi connectivity index (χ3v) is 3.75. The SMILES string of the molecule is Cc1cc(Br)c(C(=O)CC(C)(C)C)cc1Br. The van der Waals surface area contributed by atoms with Crippen LogP contribution in [0.2, 0.25) is 0 Å². The highest BCUT2D eigenvalue weighted by Crippen LogP contribution is 2.29.